The molecule has 0 saturated carbocycles. The monoisotopic (exact) mass is 305 g/mol. The maximum atomic E-state index is 12.4. The van der Waals surface area contributed by atoms with E-state index in [1.807, 2.05) is 31.2 Å². The van der Waals surface area contributed by atoms with Crippen LogP contribution in [-0.2, 0) is 4.79 Å². The van der Waals surface area contributed by atoms with E-state index in [4.69, 9.17) is 9.84 Å². The second-order valence-corrected chi connectivity index (χ2v) is 6.62. The summed E-state index contributed by atoms with van der Waals surface area (Å²) in [5.74, 6) is 1.68. The third kappa shape index (κ3) is 4.01. The van der Waals surface area contributed by atoms with Gasteiger partial charge in [0.25, 0.3) is 5.91 Å². The fraction of sp³-hybridized carbons (Fsp3) is 0.611. The third-order valence-corrected chi connectivity index (χ3v) is 4.28. The first-order valence-electron chi connectivity index (χ1n) is 8.17. The summed E-state index contributed by atoms with van der Waals surface area (Å²) in [4.78, 5) is 12.4. The molecule has 1 aromatic rings. The molecule has 0 aromatic heterocycles. The van der Waals surface area contributed by atoms with Gasteiger partial charge in [-0.15, -0.1) is 0 Å². The molecule has 1 aliphatic rings. The molecule has 3 unspecified atom stereocenters. The highest BCUT2D eigenvalue weighted by Crippen LogP contribution is 2.37. The van der Waals surface area contributed by atoms with Crippen LogP contribution in [0.4, 0.5) is 0 Å². The second-order valence-electron chi connectivity index (χ2n) is 6.62. The number of hydrogen-bond acceptors (Lipinski definition) is 3. The van der Waals surface area contributed by atoms with Crippen molar-refractivity contribution in [3.8, 4) is 5.75 Å². The van der Waals surface area contributed by atoms with E-state index < -0.39 is 6.10 Å². The Morgan fingerprint density at radius 1 is 1.36 bits per heavy atom. The predicted octanol–water partition coefficient (Wildman–Crippen LogP) is 2.71. The fourth-order valence-electron chi connectivity index (χ4n) is 3.14. The van der Waals surface area contributed by atoms with Crippen LogP contribution in [0, 0.1) is 11.8 Å². The lowest BCUT2D eigenvalue weighted by Gasteiger charge is -2.21. The molecule has 0 radical (unpaired) electrons. The van der Waals surface area contributed by atoms with Crippen LogP contribution in [0.1, 0.15) is 45.1 Å². The van der Waals surface area contributed by atoms with Gasteiger partial charge in [0.15, 0.2) is 6.10 Å². The number of aliphatic hydroxyl groups excluding tert-OH is 1. The number of hydrogen-bond donors (Lipinski definition) is 2. The highest BCUT2D eigenvalue weighted by atomic mass is 16.5. The van der Waals surface area contributed by atoms with Gasteiger partial charge in [-0.1, -0.05) is 39.0 Å². The van der Waals surface area contributed by atoms with Crippen LogP contribution >= 0.6 is 0 Å². The molecule has 2 rings (SSSR count). The highest BCUT2D eigenvalue weighted by Gasteiger charge is 2.36. The minimum Gasteiger partial charge on any atom is -0.480 e. The number of fused-ring (bicyclic) bond motifs is 1. The van der Waals surface area contributed by atoms with Crippen molar-refractivity contribution in [2.45, 2.75) is 45.6 Å². The van der Waals surface area contributed by atoms with Gasteiger partial charge in [-0.05, 0) is 30.7 Å². The Morgan fingerprint density at radius 2 is 2.09 bits per heavy atom. The number of aliphatic hydroxyl groups is 1. The van der Waals surface area contributed by atoms with Gasteiger partial charge in [-0.3, -0.25) is 4.79 Å². The normalized spacial score (nSPS) is 21.3. The average Bonchev–Trinajstić information content (AvgIpc) is 2.82. The first kappa shape index (κ1) is 16.8. The maximum Gasteiger partial charge on any atom is 0.261 e. The zero-order valence-corrected chi connectivity index (χ0v) is 13.7. The predicted molar refractivity (Wildman–Crippen MR) is 86.9 cm³/mol. The van der Waals surface area contributed by atoms with E-state index in [1.54, 1.807) is 0 Å². The molecular weight excluding hydrogens is 278 g/mol. The van der Waals surface area contributed by atoms with Gasteiger partial charge >= 0.3 is 0 Å². The van der Waals surface area contributed by atoms with Crippen LogP contribution in [0.25, 0.3) is 0 Å². The third-order valence-electron chi connectivity index (χ3n) is 4.28. The van der Waals surface area contributed by atoms with Crippen molar-refractivity contribution < 1.29 is 14.6 Å². The Bertz CT molecular complexity index is 501. The Balaban J connectivity index is 1.90. The van der Waals surface area contributed by atoms with Gasteiger partial charge in [0, 0.05) is 24.6 Å². The van der Waals surface area contributed by atoms with Crippen LogP contribution in [0.3, 0.4) is 0 Å². The largest absolute Gasteiger partial charge is 0.480 e. The van der Waals surface area contributed by atoms with Gasteiger partial charge in [0.1, 0.15) is 5.75 Å². The quantitative estimate of drug-likeness (QED) is 0.814. The molecule has 0 aliphatic carbocycles. The van der Waals surface area contributed by atoms with E-state index in [1.165, 1.54) is 0 Å². The summed E-state index contributed by atoms with van der Waals surface area (Å²) >= 11 is 0. The van der Waals surface area contributed by atoms with Gasteiger partial charge in [-0.2, -0.15) is 0 Å². The minimum atomic E-state index is -0.453. The van der Waals surface area contributed by atoms with Crippen molar-refractivity contribution in [2.24, 2.45) is 11.8 Å². The summed E-state index contributed by atoms with van der Waals surface area (Å²) in [7, 11) is 0. The average molecular weight is 305 g/mol. The molecule has 4 heteroatoms. The smallest absolute Gasteiger partial charge is 0.261 e. The number of nitrogens with one attached hydrogen (secondary N) is 1. The van der Waals surface area contributed by atoms with Crippen molar-refractivity contribution in [1.82, 2.24) is 5.32 Å². The highest BCUT2D eigenvalue weighted by molar-refractivity contribution is 5.83. The molecule has 122 valence electrons. The lowest BCUT2D eigenvalue weighted by molar-refractivity contribution is -0.128. The maximum absolute atomic E-state index is 12.4. The van der Waals surface area contributed by atoms with Gasteiger partial charge < -0.3 is 15.2 Å². The molecule has 1 aromatic carbocycles. The topological polar surface area (TPSA) is 58.6 Å². The second kappa shape index (κ2) is 7.63. The van der Waals surface area contributed by atoms with E-state index in [0.29, 0.717) is 18.4 Å². The molecule has 0 fully saturated rings. The Morgan fingerprint density at radius 3 is 2.73 bits per heavy atom. The summed E-state index contributed by atoms with van der Waals surface area (Å²) in [6, 6.07) is 7.82. The van der Waals surface area contributed by atoms with E-state index in [9.17, 15) is 4.79 Å². The zero-order valence-electron chi connectivity index (χ0n) is 13.7. The van der Waals surface area contributed by atoms with Crippen molar-refractivity contribution in [3.05, 3.63) is 29.8 Å². The van der Waals surface area contributed by atoms with Crippen LogP contribution in [-0.4, -0.2) is 30.3 Å². The molecular formula is C18H27NO3. The van der Waals surface area contributed by atoms with Gasteiger partial charge in [-0.25, -0.2) is 0 Å². The van der Waals surface area contributed by atoms with E-state index >= 15 is 0 Å². The zero-order chi connectivity index (χ0) is 16.1. The number of amides is 1. The van der Waals surface area contributed by atoms with Crippen LogP contribution in [0.2, 0.25) is 0 Å². The van der Waals surface area contributed by atoms with Gasteiger partial charge in [0.2, 0.25) is 0 Å². The van der Waals surface area contributed by atoms with E-state index in [2.05, 4.69) is 19.2 Å². The lowest BCUT2D eigenvalue weighted by atomic mass is 9.93. The number of para-hydroxylation sites is 1. The summed E-state index contributed by atoms with van der Waals surface area (Å²) in [5.41, 5.74) is 1.09. The summed E-state index contributed by atoms with van der Waals surface area (Å²) < 4.78 is 5.79. The van der Waals surface area contributed by atoms with Crippen LogP contribution < -0.4 is 10.1 Å². The summed E-state index contributed by atoms with van der Waals surface area (Å²) in [6.45, 7) is 7.10. The Labute approximate surface area is 132 Å². The van der Waals surface area contributed by atoms with Gasteiger partial charge in [0.05, 0.1) is 0 Å². The van der Waals surface area contributed by atoms with Crippen molar-refractivity contribution >= 4 is 5.91 Å². The number of rotatable bonds is 7. The SMILES string of the molecule is CC(C)CC(CCO)CNC(=O)C1Oc2ccccc2C1C. The first-order chi connectivity index (χ1) is 10.5. The Hall–Kier alpha value is -1.55. The van der Waals surface area contributed by atoms with E-state index in [-0.39, 0.29) is 18.4 Å². The first-order valence-corrected chi connectivity index (χ1v) is 8.17. The number of benzene rings is 1. The molecule has 0 bridgehead atoms. The molecule has 4 nitrogen and oxygen atoms in total. The van der Waals surface area contributed by atoms with Crippen molar-refractivity contribution in [2.75, 3.05) is 13.2 Å². The van der Waals surface area contributed by atoms with E-state index in [0.717, 1.165) is 24.2 Å². The number of ether oxygens (including phenoxy) is 1. The summed E-state index contributed by atoms with van der Waals surface area (Å²) in [5, 5.41) is 12.2. The van der Waals surface area contributed by atoms with Crippen LogP contribution in [0.15, 0.2) is 24.3 Å². The minimum absolute atomic E-state index is 0.0598. The molecule has 2 N–H and O–H groups in total. The molecule has 0 saturated heterocycles. The molecule has 1 heterocycles. The molecule has 3 atom stereocenters. The summed E-state index contributed by atoms with van der Waals surface area (Å²) in [6.07, 6.45) is 1.27. The molecule has 1 aliphatic heterocycles. The lowest BCUT2D eigenvalue weighted by Crippen LogP contribution is -2.41. The standard InChI is InChI=1S/C18H27NO3/c1-12(2)10-14(8-9-20)11-19-18(21)17-13(3)15-6-4-5-7-16(15)22-17/h4-7,12-14,17,20H,8-11H2,1-3H3,(H,19,21). The number of carbonyl (C=O) groups is 1. The Kier molecular flexibility index (Phi) is 5.83. The molecule has 0 spiro atoms. The van der Waals surface area contributed by atoms with Crippen molar-refractivity contribution in [3.63, 3.8) is 0 Å². The fourth-order valence-corrected chi connectivity index (χ4v) is 3.14. The number of carbonyl (C=O) groups excluding carboxylic acids is 1. The van der Waals surface area contributed by atoms with Crippen molar-refractivity contribution in [1.29, 1.82) is 0 Å². The van der Waals surface area contributed by atoms with Crippen LogP contribution in [0.5, 0.6) is 5.75 Å². The molecule has 1 amide bonds. The molecule has 22 heavy (non-hydrogen) atoms.